The van der Waals surface area contributed by atoms with Crippen molar-refractivity contribution in [3.05, 3.63) is 53.2 Å². The van der Waals surface area contributed by atoms with E-state index in [1.807, 2.05) is 30.3 Å². The van der Waals surface area contributed by atoms with Gasteiger partial charge in [-0.15, -0.1) is 0 Å². The molecule has 0 atom stereocenters. The van der Waals surface area contributed by atoms with Crippen molar-refractivity contribution < 1.29 is 19.7 Å². The van der Waals surface area contributed by atoms with Crippen LogP contribution < -0.4 is 9.47 Å². The summed E-state index contributed by atoms with van der Waals surface area (Å²) in [6.07, 6.45) is 0. The van der Waals surface area contributed by atoms with Gasteiger partial charge in [0.1, 0.15) is 23.0 Å². The van der Waals surface area contributed by atoms with Crippen LogP contribution in [0.1, 0.15) is 0 Å². The normalized spacial score (nSPS) is 11.2. The summed E-state index contributed by atoms with van der Waals surface area (Å²) in [6, 6.07) is 13.1. The van der Waals surface area contributed by atoms with Gasteiger partial charge in [-0.3, -0.25) is 0 Å². The molecule has 0 amide bonds. The average molecular weight is 724 g/mol. The van der Waals surface area contributed by atoms with Gasteiger partial charge in [0, 0.05) is 38.0 Å². The van der Waals surface area contributed by atoms with E-state index in [1.165, 1.54) is 0 Å². The summed E-state index contributed by atoms with van der Waals surface area (Å²) < 4.78 is 14.3. The third kappa shape index (κ3) is 3.48. The first kappa shape index (κ1) is 21.0. The summed E-state index contributed by atoms with van der Waals surface area (Å²) in [6.45, 7) is 0. The number of phenolic OH excluding ortho intramolecular Hbond substituents is 2. The van der Waals surface area contributed by atoms with E-state index in [0.29, 0.717) is 33.4 Å². The van der Waals surface area contributed by atoms with E-state index >= 15 is 0 Å². The molecule has 4 aromatic rings. The molecule has 4 rings (SSSR count). The molecule has 0 spiro atoms. The van der Waals surface area contributed by atoms with Crippen molar-refractivity contribution in [2.75, 3.05) is 14.2 Å². The number of halogens is 3. The molecule has 0 aliphatic carbocycles. The molecule has 2 N–H and O–H groups in total. The van der Waals surface area contributed by atoms with E-state index in [2.05, 4.69) is 67.8 Å². The van der Waals surface area contributed by atoms with Gasteiger partial charge in [0.2, 0.25) is 0 Å². The Morgan fingerprint density at radius 2 is 1.24 bits per heavy atom. The first-order valence-corrected chi connectivity index (χ1v) is 11.8. The second-order valence-electron chi connectivity index (χ2n) is 6.42. The maximum absolute atomic E-state index is 10.9. The van der Waals surface area contributed by atoms with E-state index in [-0.39, 0.29) is 11.5 Å². The molecule has 0 fully saturated rings. The van der Waals surface area contributed by atoms with Crippen molar-refractivity contribution in [1.29, 1.82) is 0 Å². The summed E-state index contributed by atoms with van der Waals surface area (Å²) in [4.78, 5) is 0. The molecule has 7 heteroatoms. The van der Waals surface area contributed by atoms with Gasteiger partial charge in [-0.2, -0.15) is 0 Å². The molecule has 0 saturated heterocycles. The van der Waals surface area contributed by atoms with Crippen molar-refractivity contribution in [3.63, 3.8) is 0 Å². The number of phenols is 2. The Bertz CT molecular complexity index is 1290. The number of aromatic hydroxyl groups is 2. The van der Waals surface area contributed by atoms with Gasteiger partial charge in [0.05, 0.1) is 14.2 Å². The first-order chi connectivity index (χ1) is 13.9. The quantitative estimate of drug-likeness (QED) is 0.226. The van der Waals surface area contributed by atoms with Crippen LogP contribution in [0.3, 0.4) is 0 Å². The summed E-state index contributed by atoms with van der Waals surface area (Å²) >= 11 is 6.68. The van der Waals surface area contributed by atoms with Crippen LogP contribution in [0, 0.1) is 10.7 Å². The van der Waals surface area contributed by atoms with Gasteiger partial charge < -0.3 is 19.7 Å². The van der Waals surface area contributed by atoms with Gasteiger partial charge in [-0.25, -0.2) is 0 Å². The minimum absolute atomic E-state index is 0.146. The van der Waals surface area contributed by atoms with Crippen LogP contribution in [0.5, 0.6) is 23.0 Å². The number of benzene rings is 4. The molecule has 0 radical (unpaired) electrons. The van der Waals surface area contributed by atoms with E-state index < -0.39 is 0 Å². The van der Waals surface area contributed by atoms with Gasteiger partial charge in [0.25, 0.3) is 0 Å². The molecule has 148 valence electrons. The molecule has 0 saturated carbocycles. The minimum atomic E-state index is 0.146. The Kier molecular flexibility index (Phi) is 5.90. The summed E-state index contributed by atoms with van der Waals surface area (Å²) in [7, 11) is 3.20. The van der Waals surface area contributed by atoms with Crippen LogP contribution in [-0.2, 0) is 0 Å². The SMILES string of the molecule is COc1cc(I)c2cccc(O)c2c1-c1c(OC)cc(I)c2cc(I)cc(O)c12. The van der Waals surface area contributed by atoms with Crippen molar-refractivity contribution >= 4 is 89.3 Å². The number of hydrogen-bond donors (Lipinski definition) is 2. The Morgan fingerprint density at radius 1 is 0.690 bits per heavy atom. The smallest absolute Gasteiger partial charge is 0.128 e. The Morgan fingerprint density at radius 3 is 1.83 bits per heavy atom. The molecule has 4 aromatic carbocycles. The summed E-state index contributed by atoms with van der Waals surface area (Å²) in [5.74, 6) is 1.50. The van der Waals surface area contributed by atoms with Gasteiger partial charge in [-0.1, -0.05) is 12.1 Å². The maximum atomic E-state index is 10.9. The fraction of sp³-hybridized carbons (Fsp3) is 0.0909. The summed E-state index contributed by atoms with van der Waals surface area (Å²) in [5, 5.41) is 24.9. The lowest BCUT2D eigenvalue weighted by atomic mass is 9.91. The predicted molar refractivity (Wildman–Crippen MR) is 141 cm³/mol. The Balaban J connectivity index is 2.32. The van der Waals surface area contributed by atoms with Crippen molar-refractivity contribution in [1.82, 2.24) is 0 Å². The second-order valence-corrected chi connectivity index (χ2v) is 9.99. The van der Waals surface area contributed by atoms with Crippen LogP contribution in [0.25, 0.3) is 32.7 Å². The lowest BCUT2D eigenvalue weighted by Crippen LogP contribution is -1.98. The van der Waals surface area contributed by atoms with Crippen LogP contribution in [0.2, 0.25) is 0 Å². The van der Waals surface area contributed by atoms with E-state index in [9.17, 15) is 10.2 Å². The molecule has 0 aromatic heterocycles. The summed E-state index contributed by atoms with van der Waals surface area (Å²) in [5.41, 5.74) is 1.38. The third-order valence-electron chi connectivity index (χ3n) is 4.84. The number of ether oxygens (including phenoxy) is 2. The zero-order valence-corrected chi connectivity index (χ0v) is 21.9. The largest absolute Gasteiger partial charge is 0.507 e. The van der Waals surface area contributed by atoms with Crippen molar-refractivity contribution in [2.24, 2.45) is 0 Å². The zero-order valence-electron chi connectivity index (χ0n) is 15.4. The molecule has 29 heavy (non-hydrogen) atoms. The Labute approximate surface area is 208 Å². The van der Waals surface area contributed by atoms with Crippen LogP contribution >= 0.6 is 67.8 Å². The Hall–Kier alpha value is -1.21. The van der Waals surface area contributed by atoms with Gasteiger partial charge in [-0.05, 0) is 103 Å². The molecule has 4 nitrogen and oxygen atoms in total. The van der Waals surface area contributed by atoms with E-state index in [1.54, 1.807) is 26.4 Å². The zero-order chi connectivity index (χ0) is 20.9. The minimum Gasteiger partial charge on any atom is -0.507 e. The standard InChI is InChI=1S/C22H15I3O4/c1-28-17-8-13(24)11-4-3-5-15(26)19(11)21(17)22-18(29-2)9-14(25)12-6-10(23)7-16(27)20(12)22/h3-9,26-27H,1-2H3. The highest BCUT2D eigenvalue weighted by molar-refractivity contribution is 14.1. The molecular formula is C22H15I3O4. The molecule has 0 aliphatic heterocycles. The molecular weight excluding hydrogens is 709 g/mol. The molecule has 0 unspecified atom stereocenters. The average Bonchev–Trinajstić information content (AvgIpc) is 2.69. The number of rotatable bonds is 3. The maximum Gasteiger partial charge on any atom is 0.128 e. The molecule has 0 heterocycles. The monoisotopic (exact) mass is 724 g/mol. The van der Waals surface area contributed by atoms with Crippen molar-refractivity contribution in [3.8, 4) is 34.1 Å². The fourth-order valence-corrected chi connectivity index (χ4v) is 5.69. The van der Waals surface area contributed by atoms with E-state index in [0.717, 1.165) is 21.5 Å². The number of hydrogen-bond acceptors (Lipinski definition) is 4. The highest BCUT2D eigenvalue weighted by Crippen LogP contribution is 2.51. The highest BCUT2D eigenvalue weighted by atomic mass is 127. The van der Waals surface area contributed by atoms with Crippen LogP contribution in [-0.4, -0.2) is 24.4 Å². The van der Waals surface area contributed by atoms with Crippen LogP contribution in [0.4, 0.5) is 0 Å². The fourth-order valence-electron chi connectivity index (χ4n) is 3.64. The second kappa shape index (κ2) is 8.14. The van der Waals surface area contributed by atoms with Gasteiger partial charge in [0.15, 0.2) is 0 Å². The molecule has 0 aliphatic rings. The lowest BCUT2D eigenvalue weighted by Gasteiger charge is -2.20. The predicted octanol–water partition coefficient (Wildman–Crippen LogP) is 6.90. The molecule has 0 bridgehead atoms. The third-order valence-corrected chi connectivity index (χ3v) is 7.25. The topological polar surface area (TPSA) is 58.9 Å². The number of methoxy groups -OCH3 is 2. The first-order valence-electron chi connectivity index (χ1n) is 8.54. The van der Waals surface area contributed by atoms with Crippen molar-refractivity contribution in [2.45, 2.75) is 0 Å². The number of fused-ring (bicyclic) bond motifs is 2. The van der Waals surface area contributed by atoms with Gasteiger partial charge >= 0.3 is 0 Å². The van der Waals surface area contributed by atoms with Crippen LogP contribution in [0.15, 0.2) is 42.5 Å². The highest BCUT2D eigenvalue weighted by Gasteiger charge is 2.24. The van der Waals surface area contributed by atoms with E-state index in [4.69, 9.17) is 9.47 Å². The lowest BCUT2D eigenvalue weighted by molar-refractivity contribution is 0.410.